The van der Waals surface area contributed by atoms with Crippen LogP contribution in [0.3, 0.4) is 0 Å². The maximum absolute atomic E-state index is 10.2. The lowest BCUT2D eigenvalue weighted by Crippen LogP contribution is -2.06. The number of aliphatic carboxylic acids is 1. The van der Waals surface area contributed by atoms with Crippen molar-refractivity contribution >= 4 is 5.97 Å². The molecular formula is C6H8N2O2. The van der Waals surface area contributed by atoms with E-state index in [0.29, 0.717) is 0 Å². The quantitative estimate of drug-likeness (QED) is 0.446. The maximum atomic E-state index is 10.2. The lowest BCUT2D eigenvalue weighted by atomic mass is 10.5. The zero-order valence-corrected chi connectivity index (χ0v) is 5.83. The van der Waals surface area contributed by atoms with Gasteiger partial charge in [-0.3, -0.25) is 4.79 Å². The molecule has 1 N–H and O–H groups in total. The van der Waals surface area contributed by atoms with Crippen LogP contribution in [0.25, 0.3) is 4.85 Å². The summed E-state index contributed by atoms with van der Waals surface area (Å²) in [5.41, 5.74) is -0.273. The van der Waals surface area contributed by atoms with E-state index in [1.165, 1.54) is 11.1 Å². The van der Waals surface area contributed by atoms with Crippen LogP contribution in [0.15, 0.2) is 11.9 Å². The molecule has 0 aliphatic carbocycles. The van der Waals surface area contributed by atoms with Crippen LogP contribution in [0.2, 0.25) is 0 Å². The highest BCUT2D eigenvalue weighted by molar-refractivity contribution is 5.88. The smallest absolute Gasteiger partial charge is 0.335 e. The van der Waals surface area contributed by atoms with Gasteiger partial charge in [0, 0.05) is 20.3 Å². The average Bonchev–Trinajstić information content (AvgIpc) is 1.81. The lowest BCUT2D eigenvalue weighted by molar-refractivity contribution is -0.132. The second kappa shape index (κ2) is 3.51. The molecule has 10 heavy (non-hydrogen) atoms. The minimum atomic E-state index is -1.19. The number of hydrogen-bond donors (Lipinski definition) is 1. The fourth-order valence-electron chi connectivity index (χ4n) is 0.376. The van der Waals surface area contributed by atoms with Gasteiger partial charge in [-0.05, 0) is 0 Å². The summed E-state index contributed by atoms with van der Waals surface area (Å²) in [6.45, 7) is 6.43. The van der Waals surface area contributed by atoms with Gasteiger partial charge >= 0.3 is 5.97 Å². The summed E-state index contributed by atoms with van der Waals surface area (Å²) >= 11 is 0. The van der Waals surface area contributed by atoms with E-state index < -0.39 is 5.97 Å². The highest BCUT2D eigenvalue weighted by Gasteiger charge is 2.05. The van der Waals surface area contributed by atoms with Crippen LogP contribution in [0.4, 0.5) is 0 Å². The minimum absolute atomic E-state index is 0.273. The van der Waals surface area contributed by atoms with E-state index in [-0.39, 0.29) is 5.70 Å². The first-order valence-corrected chi connectivity index (χ1v) is 2.57. The van der Waals surface area contributed by atoms with Crippen LogP contribution in [-0.4, -0.2) is 30.1 Å². The van der Waals surface area contributed by atoms with Crippen molar-refractivity contribution in [2.45, 2.75) is 0 Å². The van der Waals surface area contributed by atoms with Crippen molar-refractivity contribution in [2.24, 2.45) is 0 Å². The topological polar surface area (TPSA) is 44.9 Å². The van der Waals surface area contributed by atoms with Gasteiger partial charge < -0.3 is 10.0 Å². The third kappa shape index (κ3) is 2.72. The van der Waals surface area contributed by atoms with E-state index >= 15 is 0 Å². The van der Waals surface area contributed by atoms with Crippen molar-refractivity contribution in [3.8, 4) is 0 Å². The Morgan fingerprint density at radius 1 is 1.70 bits per heavy atom. The first kappa shape index (κ1) is 8.50. The van der Waals surface area contributed by atoms with Crippen molar-refractivity contribution in [1.29, 1.82) is 0 Å². The normalized spacial score (nSPS) is 10.3. The molecule has 0 atom stereocenters. The summed E-state index contributed by atoms with van der Waals surface area (Å²) in [6.07, 6.45) is 1.26. The third-order valence-corrected chi connectivity index (χ3v) is 0.720. The molecule has 0 aromatic heterocycles. The van der Waals surface area contributed by atoms with Crippen molar-refractivity contribution < 1.29 is 9.90 Å². The molecule has 0 aromatic rings. The molecule has 0 aliphatic heterocycles. The Bertz CT molecular complexity index is 200. The van der Waals surface area contributed by atoms with Crippen molar-refractivity contribution in [3.05, 3.63) is 23.3 Å². The summed E-state index contributed by atoms with van der Waals surface area (Å²) < 4.78 is 0. The van der Waals surface area contributed by atoms with Gasteiger partial charge in [-0.2, -0.15) is 0 Å². The summed E-state index contributed by atoms with van der Waals surface area (Å²) in [5, 5.41) is 8.31. The van der Waals surface area contributed by atoms with Gasteiger partial charge in [0.05, 0.1) is 6.57 Å². The van der Waals surface area contributed by atoms with Gasteiger partial charge in [-0.15, -0.1) is 0 Å². The van der Waals surface area contributed by atoms with Crippen LogP contribution < -0.4 is 0 Å². The number of hydrogen-bond acceptors (Lipinski definition) is 2. The highest BCUT2D eigenvalue weighted by Crippen LogP contribution is 1.96. The van der Waals surface area contributed by atoms with Crippen LogP contribution in [-0.2, 0) is 4.79 Å². The number of nitrogens with zero attached hydrogens (tertiary/aromatic N) is 2. The molecular weight excluding hydrogens is 132 g/mol. The van der Waals surface area contributed by atoms with Crippen LogP contribution in [0.5, 0.6) is 0 Å². The summed E-state index contributed by atoms with van der Waals surface area (Å²) in [6, 6.07) is 0. The van der Waals surface area contributed by atoms with E-state index in [9.17, 15) is 4.79 Å². The molecule has 0 saturated heterocycles. The van der Waals surface area contributed by atoms with Crippen LogP contribution >= 0.6 is 0 Å². The number of carboxylic acid groups (broad SMARTS) is 1. The SMILES string of the molecule is [C-]#[N+]C(=CN(C)C)C(=O)O. The zero-order valence-electron chi connectivity index (χ0n) is 5.83. The zero-order chi connectivity index (χ0) is 8.15. The van der Waals surface area contributed by atoms with Crippen molar-refractivity contribution in [3.63, 3.8) is 0 Å². The van der Waals surface area contributed by atoms with Gasteiger partial charge in [0.2, 0.25) is 0 Å². The summed E-state index contributed by atoms with van der Waals surface area (Å²) in [4.78, 5) is 14.5. The third-order valence-electron chi connectivity index (χ3n) is 0.720. The molecule has 0 bridgehead atoms. The van der Waals surface area contributed by atoms with Crippen LogP contribution in [0, 0.1) is 6.57 Å². The number of carbonyl (C=O) groups is 1. The minimum Gasteiger partial charge on any atom is -0.486 e. The van der Waals surface area contributed by atoms with E-state index in [2.05, 4.69) is 4.85 Å². The van der Waals surface area contributed by atoms with Gasteiger partial charge in [-0.25, -0.2) is 4.85 Å². The van der Waals surface area contributed by atoms with E-state index in [1.807, 2.05) is 0 Å². The molecule has 4 nitrogen and oxygen atoms in total. The first-order chi connectivity index (χ1) is 4.57. The Hall–Kier alpha value is -1.50. The predicted molar refractivity (Wildman–Crippen MR) is 36.0 cm³/mol. The Morgan fingerprint density at radius 2 is 2.20 bits per heavy atom. The maximum Gasteiger partial charge on any atom is 0.335 e. The molecule has 0 aromatic carbocycles. The van der Waals surface area contributed by atoms with Gasteiger partial charge in [0.1, 0.15) is 0 Å². The Kier molecular flexibility index (Phi) is 2.98. The molecule has 0 radical (unpaired) electrons. The molecule has 0 spiro atoms. The Morgan fingerprint density at radius 3 is 2.30 bits per heavy atom. The molecule has 0 saturated carbocycles. The largest absolute Gasteiger partial charge is 0.486 e. The lowest BCUT2D eigenvalue weighted by Gasteiger charge is -2.03. The van der Waals surface area contributed by atoms with Crippen molar-refractivity contribution in [1.82, 2.24) is 4.90 Å². The van der Waals surface area contributed by atoms with E-state index in [4.69, 9.17) is 11.7 Å². The average molecular weight is 140 g/mol. The Labute approximate surface area is 59.2 Å². The Balaban J connectivity index is 4.39. The molecule has 54 valence electrons. The fourth-order valence-corrected chi connectivity index (χ4v) is 0.376. The second-order valence-electron chi connectivity index (χ2n) is 1.89. The summed E-state index contributed by atoms with van der Waals surface area (Å²) in [5.74, 6) is -1.19. The van der Waals surface area contributed by atoms with Gasteiger partial charge in [0.25, 0.3) is 5.70 Å². The fraction of sp³-hybridized carbons (Fsp3) is 0.333. The second-order valence-corrected chi connectivity index (χ2v) is 1.89. The molecule has 0 aliphatic rings. The molecule has 0 fully saturated rings. The standard InChI is InChI=1S/C6H8N2O2/c1-7-5(6(9)10)4-8(2)3/h4H,2-3H3,(H,9,10). The monoisotopic (exact) mass is 140 g/mol. The number of rotatable bonds is 2. The highest BCUT2D eigenvalue weighted by atomic mass is 16.4. The number of carboxylic acids is 1. The van der Waals surface area contributed by atoms with Crippen molar-refractivity contribution in [2.75, 3.05) is 14.1 Å². The van der Waals surface area contributed by atoms with E-state index in [0.717, 1.165) is 0 Å². The van der Waals surface area contributed by atoms with E-state index in [1.54, 1.807) is 14.1 Å². The van der Waals surface area contributed by atoms with Crippen LogP contribution in [0.1, 0.15) is 0 Å². The molecule has 0 heterocycles. The van der Waals surface area contributed by atoms with Gasteiger partial charge in [-0.1, -0.05) is 0 Å². The molecule has 0 rings (SSSR count). The van der Waals surface area contributed by atoms with Gasteiger partial charge in [0.15, 0.2) is 0 Å². The first-order valence-electron chi connectivity index (χ1n) is 2.57. The molecule has 4 heteroatoms. The molecule has 0 unspecified atom stereocenters. The molecule has 0 amide bonds. The summed E-state index contributed by atoms with van der Waals surface area (Å²) in [7, 11) is 3.32. The predicted octanol–water partition coefficient (Wildman–Crippen LogP) is 0.393.